The third-order valence-corrected chi connectivity index (χ3v) is 4.68. The first-order valence-electron chi connectivity index (χ1n) is 8.86. The minimum atomic E-state index is -1.21. The van der Waals surface area contributed by atoms with Crippen molar-refractivity contribution < 1.29 is 29.6 Å². The zero-order valence-corrected chi connectivity index (χ0v) is 18.0. The number of aliphatic hydroxyl groups is 2. The van der Waals surface area contributed by atoms with Crippen molar-refractivity contribution in [2.75, 3.05) is 13.7 Å². The summed E-state index contributed by atoms with van der Waals surface area (Å²) in [5.74, 6) is -0.291. The van der Waals surface area contributed by atoms with Gasteiger partial charge in [0, 0.05) is 12.8 Å². The lowest BCUT2D eigenvalue weighted by atomic mass is 10.0. The maximum Gasteiger partial charge on any atom is 0.335 e. The maximum absolute atomic E-state index is 11.6. The van der Waals surface area contributed by atoms with E-state index < -0.39 is 18.2 Å². The van der Waals surface area contributed by atoms with Gasteiger partial charge >= 0.3 is 5.97 Å². The van der Waals surface area contributed by atoms with E-state index in [-0.39, 0.29) is 18.8 Å². The monoisotopic (exact) mass is 490 g/mol. The summed E-state index contributed by atoms with van der Waals surface area (Å²) in [5, 5.41) is 30.2. The first-order valence-corrected chi connectivity index (χ1v) is 9.93. The van der Waals surface area contributed by atoms with E-state index in [0.717, 1.165) is 12.0 Å². The molecule has 27 heavy (non-hydrogen) atoms. The smallest absolute Gasteiger partial charge is 0.335 e. The van der Waals surface area contributed by atoms with Crippen LogP contribution in [0.3, 0.4) is 0 Å². The highest BCUT2D eigenvalue weighted by atomic mass is 127. The Kier molecular flexibility index (Phi) is 10.5. The molecule has 2 atom stereocenters. The summed E-state index contributed by atoms with van der Waals surface area (Å²) in [6.07, 6.45) is 1.69. The zero-order chi connectivity index (χ0) is 20.4. The fourth-order valence-electron chi connectivity index (χ4n) is 2.48. The first kappa shape index (κ1) is 23.5. The highest BCUT2D eigenvalue weighted by Gasteiger charge is 2.17. The van der Waals surface area contributed by atoms with E-state index in [1.54, 1.807) is 25.1 Å². The number of halogens is 1. The normalized spacial score (nSPS) is 12.7. The lowest BCUT2D eigenvalue weighted by Gasteiger charge is -2.13. The minimum Gasteiger partial charge on any atom is -0.504 e. The second kappa shape index (κ2) is 12.0. The molecule has 0 aliphatic heterocycles. The highest BCUT2D eigenvalue weighted by Crippen LogP contribution is 2.35. The predicted molar refractivity (Wildman–Crippen MR) is 111 cm³/mol. The molecule has 0 spiro atoms. The van der Waals surface area contributed by atoms with Gasteiger partial charge in [0.05, 0.1) is 23.4 Å². The van der Waals surface area contributed by atoms with Crippen molar-refractivity contribution in [2.24, 2.45) is 0 Å². The molecule has 0 radical (unpaired) electrons. The molecule has 1 aromatic rings. The largest absolute Gasteiger partial charge is 0.504 e. The molecule has 0 bridgehead atoms. The van der Waals surface area contributed by atoms with Crippen molar-refractivity contribution >= 4 is 28.6 Å². The lowest BCUT2D eigenvalue weighted by molar-refractivity contribution is -0.152. The molecule has 150 valence electrons. The number of esters is 1. The molecule has 0 aliphatic carbocycles. The van der Waals surface area contributed by atoms with Gasteiger partial charge in [0.2, 0.25) is 0 Å². The summed E-state index contributed by atoms with van der Waals surface area (Å²) in [6.45, 7) is 3.91. The van der Waals surface area contributed by atoms with E-state index in [1.165, 1.54) is 7.11 Å². The zero-order valence-electron chi connectivity index (χ0n) is 15.9. The molecule has 0 saturated heterocycles. The maximum atomic E-state index is 11.6. The van der Waals surface area contributed by atoms with E-state index in [9.17, 15) is 20.1 Å². The van der Waals surface area contributed by atoms with Crippen molar-refractivity contribution in [2.45, 2.75) is 51.7 Å². The number of hydrogen-bond donors (Lipinski definition) is 3. The van der Waals surface area contributed by atoms with Crippen LogP contribution < -0.4 is 4.74 Å². The summed E-state index contributed by atoms with van der Waals surface area (Å²) in [5.41, 5.74) is 4.50. The van der Waals surface area contributed by atoms with Crippen LogP contribution in [0.1, 0.15) is 51.2 Å². The average Bonchev–Trinajstić information content (AvgIpc) is 2.63. The average molecular weight is 490 g/mol. The Labute approximate surface area is 173 Å². The Morgan fingerprint density at radius 3 is 2.63 bits per heavy atom. The topological polar surface area (TPSA) is 96.2 Å². The van der Waals surface area contributed by atoms with Gasteiger partial charge < -0.3 is 24.8 Å². The second-order valence-electron chi connectivity index (χ2n) is 5.98. The van der Waals surface area contributed by atoms with E-state index in [1.807, 2.05) is 29.5 Å². The minimum absolute atomic E-state index is 0.0441. The van der Waals surface area contributed by atoms with E-state index in [0.29, 0.717) is 27.7 Å². The lowest BCUT2D eigenvalue weighted by Crippen LogP contribution is -2.23. The van der Waals surface area contributed by atoms with Gasteiger partial charge in [-0.25, -0.2) is 4.79 Å². The van der Waals surface area contributed by atoms with Crippen LogP contribution in [0.15, 0.2) is 29.5 Å². The fraction of sp³-hybridized carbons (Fsp3) is 0.500. The standard InChI is InChI=1S/C20H27IO6/c1-4-7-13(10-17(23)20(25)27-5-2)8-6-9-16(22)14-11-15(21)19(24)18(12-14)26-3/h6,11-12,16-17,22-24H,4-5,7,9-10H2,1-3H3/t8?,16-,17-/m1/s1. The fourth-order valence-corrected chi connectivity index (χ4v) is 3.11. The van der Waals surface area contributed by atoms with Crippen LogP contribution in [0.4, 0.5) is 0 Å². The third-order valence-electron chi connectivity index (χ3n) is 3.85. The van der Waals surface area contributed by atoms with E-state index >= 15 is 0 Å². The van der Waals surface area contributed by atoms with Crippen molar-refractivity contribution in [3.63, 3.8) is 0 Å². The van der Waals surface area contributed by atoms with E-state index in [2.05, 4.69) is 5.73 Å². The molecule has 1 aromatic carbocycles. The number of carbonyl (C=O) groups excluding carboxylic acids is 1. The van der Waals surface area contributed by atoms with Crippen LogP contribution in [0.5, 0.6) is 11.5 Å². The second-order valence-corrected chi connectivity index (χ2v) is 7.14. The summed E-state index contributed by atoms with van der Waals surface area (Å²) in [7, 11) is 1.45. The summed E-state index contributed by atoms with van der Waals surface area (Å²) in [6, 6.07) is 3.29. The van der Waals surface area contributed by atoms with Crippen LogP contribution in [0, 0.1) is 3.57 Å². The van der Waals surface area contributed by atoms with Gasteiger partial charge in [0.1, 0.15) is 0 Å². The molecule has 0 aliphatic rings. The number of methoxy groups -OCH3 is 1. The summed E-state index contributed by atoms with van der Waals surface area (Å²) < 4.78 is 10.5. The number of phenols is 1. The molecule has 7 heteroatoms. The SMILES string of the molecule is CCCC(=C=CC[C@@H](O)c1cc(I)c(O)c(OC)c1)C[C@@H](O)C(=O)OCC. The molecule has 6 nitrogen and oxygen atoms in total. The predicted octanol–water partition coefficient (Wildman–Crippen LogP) is 3.62. The van der Waals surface area contributed by atoms with Gasteiger partial charge in [0.15, 0.2) is 17.6 Å². The van der Waals surface area contributed by atoms with Crippen LogP contribution in [-0.4, -0.2) is 41.1 Å². The Morgan fingerprint density at radius 1 is 1.33 bits per heavy atom. The molecular formula is C20H27IO6. The number of benzene rings is 1. The molecule has 1 rings (SSSR count). The van der Waals surface area contributed by atoms with E-state index in [4.69, 9.17) is 9.47 Å². The quantitative estimate of drug-likeness (QED) is 0.264. The molecule has 0 unspecified atom stereocenters. The van der Waals surface area contributed by atoms with Crippen molar-refractivity contribution in [1.82, 2.24) is 0 Å². The number of hydrogen-bond acceptors (Lipinski definition) is 6. The molecule has 0 amide bonds. The van der Waals surface area contributed by atoms with Crippen LogP contribution in [0.2, 0.25) is 0 Å². The molecule has 0 saturated carbocycles. The Balaban J connectivity index is 2.87. The third kappa shape index (κ3) is 7.54. The molecular weight excluding hydrogens is 463 g/mol. The number of rotatable bonds is 10. The van der Waals surface area contributed by atoms with Crippen LogP contribution in [-0.2, 0) is 9.53 Å². The van der Waals surface area contributed by atoms with Gasteiger partial charge in [-0.05, 0) is 65.3 Å². The number of ether oxygens (including phenoxy) is 2. The van der Waals surface area contributed by atoms with Crippen LogP contribution >= 0.6 is 22.6 Å². The first-order chi connectivity index (χ1) is 12.8. The summed E-state index contributed by atoms with van der Waals surface area (Å²) in [4.78, 5) is 11.6. The molecule has 3 N–H and O–H groups in total. The van der Waals surface area contributed by atoms with Crippen molar-refractivity contribution in [3.05, 3.63) is 38.6 Å². The molecule has 0 heterocycles. The van der Waals surface area contributed by atoms with Gasteiger partial charge in [-0.1, -0.05) is 13.3 Å². The van der Waals surface area contributed by atoms with Gasteiger partial charge in [-0.2, -0.15) is 0 Å². The number of carbonyl (C=O) groups is 1. The van der Waals surface area contributed by atoms with Gasteiger partial charge in [0.25, 0.3) is 0 Å². The molecule has 0 fully saturated rings. The Bertz CT molecular complexity index is 694. The van der Waals surface area contributed by atoms with Gasteiger partial charge in [-0.15, -0.1) is 5.73 Å². The summed E-state index contributed by atoms with van der Waals surface area (Å²) >= 11 is 1.97. The highest BCUT2D eigenvalue weighted by molar-refractivity contribution is 14.1. The number of phenolic OH excluding ortho intramolecular Hbond substituents is 1. The Morgan fingerprint density at radius 2 is 2.04 bits per heavy atom. The number of aromatic hydroxyl groups is 1. The van der Waals surface area contributed by atoms with Crippen LogP contribution in [0.25, 0.3) is 0 Å². The van der Waals surface area contributed by atoms with Gasteiger partial charge in [-0.3, -0.25) is 0 Å². The van der Waals surface area contributed by atoms with Crippen molar-refractivity contribution in [3.8, 4) is 11.5 Å². The molecule has 0 aromatic heterocycles. The van der Waals surface area contributed by atoms with Crippen molar-refractivity contribution in [1.29, 1.82) is 0 Å². The number of aliphatic hydroxyl groups excluding tert-OH is 2. The Hall–Kier alpha value is -1.54.